The average Bonchev–Trinajstić information content (AvgIpc) is 2.59. The first-order chi connectivity index (χ1) is 11.7. The Morgan fingerprint density at radius 2 is 1.00 bits per heavy atom. The van der Waals surface area contributed by atoms with E-state index in [2.05, 4.69) is 10.6 Å². The highest BCUT2D eigenvalue weighted by Crippen LogP contribution is 2.18. The molecule has 1 fully saturated rings. The van der Waals surface area contributed by atoms with Crippen LogP contribution in [0.2, 0.25) is 0 Å². The van der Waals surface area contributed by atoms with E-state index < -0.39 is 0 Å². The second-order valence-corrected chi connectivity index (χ2v) is 5.84. The summed E-state index contributed by atoms with van der Waals surface area (Å²) in [5.41, 5.74) is 0. The SMILES string of the molecule is O=CNCCCCCCN1C(=O)N(CCCCCCNC=O)C1=O. The molecular formula is C16H28N4O4. The van der Waals surface area contributed by atoms with Gasteiger partial charge in [-0.3, -0.25) is 9.59 Å². The number of carbonyl (C=O) groups excluding carboxylic acids is 4. The van der Waals surface area contributed by atoms with Gasteiger partial charge >= 0.3 is 12.1 Å². The smallest absolute Gasteiger partial charge is 0.336 e. The van der Waals surface area contributed by atoms with Gasteiger partial charge in [0.15, 0.2) is 0 Å². The molecule has 1 heterocycles. The minimum atomic E-state index is -0.190. The van der Waals surface area contributed by atoms with E-state index in [-0.39, 0.29) is 12.1 Å². The Morgan fingerprint density at radius 3 is 1.38 bits per heavy atom. The van der Waals surface area contributed by atoms with Crippen LogP contribution in [-0.2, 0) is 9.59 Å². The summed E-state index contributed by atoms with van der Waals surface area (Å²) in [5, 5.41) is 5.21. The van der Waals surface area contributed by atoms with Crippen molar-refractivity contribution >= 4 is 24.9 Å². The van der Waals surface area contributed by atoms with Crippen molar-refractivity contribution in [2.24, 2.45) is 0 Å². The van der Waals surface area contributed by atoms with Gasteiger partial charge in [-0.2, -0.15) is 0 Å². The van der Waals surface area contributed by atoms with Crippen molar-refractivity contribution in [2.75, 3.05) is 26.2 Å². The second-order valence-electron chi connectivity index (χ2n) is 5.84. The van der Waals surface area contributed by atoms with E-state index in [0.717, 1.165) is 51.4 Å². The molecule has 0 bridgehead atoms. The molecule has 24 heavy (non-hydrogen) atoms. The van der Waals surface area contributed by atoms with Gasteiger partial charge in [-0.15, -0.1) is 0 Å². The van der Waals surface area contributed by atoms with Gasteiger partial charge in [-0.25, -0.2) is 19.4 Å². The number of rotatable bonds is 16. The van der Waals surface area contributed by atoms with Crippen molar-refractivity contribution in [3.05, 3.63) is 0 Å². The van der Waals surface area contributed by atoms with Crippen LogP contribution >= 0.6 is 0 Å². The number of nitrogens with one attached hydrogen (secondary N) is 2. The Morgan fingerprint density at radius 1 is 0.625 bits per heavy atom. The van der Waals surface area contributed by atoms with Gasteiger partial charge in [0.2, 0.25) is 12.8 Å². The van der Waals surface area contributed by atoms with Crippen LogP contribution < -0.4 is 10.6 Å². The molecule has 0 radical (unpaired) electrons. The molecule has 8 heteroatoms. The molecule has 0 unspecified atom stereocenters. The highest BCUT2D eigenvalue weighted by molar-refractivity contribution is 6.11. The number of amides is 6. The second kappa shape index (κ2) is 12.3. The molecule has 0 aromatic rings. The zero-order chi connectivity index (χ0) is 17.6. The first kappa shape index (κ1) is 19.9. The summed E-state index contributed by atoms with van der Waals surface area (Å²) < 4.78 is 0. The Bertz CT molecular complexity index is 367. The number of nitrogens with zero attached hydrogens (tertiary/aromatic N) is 2. The van der Waals surface area contributed by atoms with Crippen molar-refractivity contribution in [2.45, 2.75) is 51.4 Å². The molecule has 1 aliphatic heterocycles. The molecule has 0 aromatic heterocycles. The van der Waals surface area contributed by atoms with E-state index in [1.54, 1.807) is 0 Å². The summed E-state index contributed by atoms with van der Waals surface area (Å²) in [6.07, 6.45) is 8.62. The van der Waals surface area contributed by atoms with Crippen molar-refractivity contribution in [3.8, 4) is 0 Å². The Hall–Kier alpha value is -2.12. The minimum absolute atomic E-state index is 0.190. The van der Waals surface area contributed by atoms with Crippen LogP contribution in [0.4, 0.5) is 9.59 Å². The predicted octanol–water partition coefficient (Wildman–Crippen LogP) is 1.46. The minimum Gasteiger partial charge on any atom is -0.359 e. The lowest BCUT2D eigenvalue weighted by Gasteiger charge is -2.39. The molecular weight excluding hydrogens is 312 g/mol. The Balaban J connectivity index is 2.01. The third-order valence-corrected chi connectivity index (χ3v) is 4.00. The number of carbonyl (C=O) groups is 4. The number of imide groups is 2. The van der Waals surface area contributed by atoms with Crippen LogP contribution in [0.5, 0.6) is 0 Å². The van der Waals surface area contributed by atoms with Crippen molar-refractivity contribution in [3.63, 3.8) is 0 Å². The summed E-state index contributed by atoms with van der Waals surface area (Å²) in [4.78, 5) is 46.6. The van der Waals surface area contributed by atoms with Gasteiger partial charge < -0.3 is 10.6 Å². The highest BCUT2D eigenvalue weighted by Gasteiger charge is 2.42. The zero-order valence-corrected chi connectivity index (χ0v) is 14.2. The fourth-order valence-corrected chi connectivity index (χ4v) is 2.61. The fourth-order valence-electron chi connectivity index (χ4n) is 2.61. The van der Waals surface area contributed by atoms with Crippen LogP contribution in [0, 0.1) is 0 Å². The number of unbranched alkanes of at least 4 members (excludes halogenated alkanes) is 6. The topological polar surface area (TPSA) is 98.8 Å². The van der Waals surface area contributed by atoms with E-state index in [1.165, 1.54) is 9.80 Å². The predicted molar refractivity (Wildman–Crippen MR) is 89.3 cm³/mol. The summed E-state index contributed by atoms with van der Waals surface area (Å²) in [5.74, 6) is 0. The molecule has 8 nitrogen and oxygen atoms in total. The van der Waals surface area contributed by atoms with Crippen molar-refractivity contribution in [1.82, 2.24) is 20.4 Å². The van der Waals surface area contributed by atoms with Gasteiger partial charge in [0.05, 0.1) is 0 Å². The summed E-state index contributed by atoms with van der Waals surface area (Å²) in [6.45, 7) is 2.30. The maximum absolute atomic E-state index is 11.9. The molecule has 0 aromatic carbocycles. The Kier molecular flexibility index (Phi) is 10.2. The highest BCUT2D eigenvalue weighted by atomic mass is 16.2. The normalized spacial score (nSPS) is 13.7. The molecule has 1 rings (SSSR count). The fraction of sp³-hybridized carbons (Fsp3) is 0.750. The first-order valence-electron chi connectivity index (χ1n) is 8.69. The summed E-state index contributed by atoms with van der Waals surface area (Å²) in [6, 6.07) is -0.379. The molecule has 1 saturated heterocycles. The lowest BCUT2D eigenvalue weighted by molar-refractivity contribution is -0.110. The number of hydrogen-bond acceptors (Lipinski definition) is 4. The molecule has 1 aliphatic rings. The third kappa shape index (κ3) is 6.97. The van der Waals surface area contributed by atoms with Crippen LogP contribution in [0.25, 0.3) is 0 Å². The lowest BCUT2D eigenvalue weighted by atomic mass is 10.1. The van der Waals surface area contributed by atoms with Gasteiger partial charge in [0, 0.05) is 26.2 Å². The van der Waals surface area contributed by atoms with Crippen LogP contribution in [-0.4, -0.2) is 60.9 Å². The standard InChI is InChI=1S/C16H28N4O4/c21-13-17-9-5-1-3-7-11-19-15(23)20(16(19)24)12-8-4-2-6-10-18-14-22/h13-14H,1-12H2,(H,17,21)(H,18,22). The average molecular weight is 340 g/mol. The van der Waals surface area contributed by atoms with Gasteiger partial charge in [-0.1, -0.05) is 25.7 Å². The maximum Gasteiger partial charge on any atom is 0.336 e. The van der Waals surface area contributed by atoms with Gasteiger partial charge in [-0.05, 0) is 25.7 Å². The van der Waals surface area contributed by atoms with Crippen LogP contribution in [0.3, 0.4) is 0 Å². The molecule has 6 amide bonds. The van der Waals surface area contributed by atoms with Crippen LogP contribution in [0.15, 0.2) is 0 Å². The van der Waals surface area contributed by atoms with Crippen molar-refractivity contribution in [1.29, 1.82) is 0 Å². The van der Waals surface area contributed by atoms with E-state index >= 15 is 0 Å². The first-order valence-corrected chi connectivity index (χ1v) is 8.69. The number of urea groups is 2. The largest absolute Gasteiger partial charge is 0.359 e. The van der Waals surface area contributed by atoms with Crippen molar-refractivity contribution < 1.29 is 19.2 Å². The summed E-state index contributed by atoms with van der Waals surface area (Å²) >= 11 is 0. The van der Waals surface area contributed by atoms with Gasteiger partial charge in [0.1, 0.15) is 0 Å². The Labute approximate surface area is 142 Å². The maximum atomic E-state index is 11.9. The molecule has 0 aliphatic carbocycles. The molecule has 2 N–H and O–H groups in total. The molecule has 0 spiro atoms. The summed E-state index contributed by atoms with van der Waals surface area (Å²) in [7, 11) is 0. The number of hydrogen-bond donors (Lipinski definition) is 2. The molecule has 136 valence electrons. The van der Waals surface area contributed by atoms with E-state index in [1.807, 2.05) is 0 Å². The van der Waals surface area contributed by atoms with E-state index in [4.69, 9.17) is 0 Å². The van der Waals surface area contributed by atoms with E-state index in [0.29, 0.717) is 39.0 Å². The third-order valence-electron chi connectivity index (χ3n) is 4.00. The van der Waals surface area contributed by atoms with Crippen LogP contribution in [0.1, 0.15) is 51.4 Å². The lowest BCUT2D eigenvalue weighted by Crippen LogP contribution is -2.64. The quantitative estimate of drug-likeness (QED) is 0.328. The molecule has 0 saturated carbocycles. The van der Waals surface area contributed by atoms with Gasteiger partial charge in [0.25, 0.3) is 0 Å². The molecule has 0 atom stereocenters. The monoisotopic (exact) mass is 340 g/mol. The van der Waals surface area contributed by atoms with E-state index in [9.17, 15) is 19.2 Å². The zero-order valence-electron chi connectivity index (χ0n) is 14.2.